The number of halogens is 1. The van der Waals surface area contributed by atoms with E-state index in [-0.39, 0.29) is 0 Å². The van der Waals surface area contributed by atoms with Crippen LogP contribution in [-0.2, 0) is 4.79 Å². The lowest BCUT2D eigenvalue weighted by Crippen LogP contribution is -2.32. The second-order valence-electron chi connectivity index (χ2n) is 4.08. The number of carbonyl (C=O) groups excluding carboxylic acids is 2. The van der Waals surface area contributed by atoms with Crippen molar-refractivity contribution in [1.82, 2.24) is 10.3 Å². The van der Waals surface area contributed by atoms with Crippen molar-refractivity contribution in [3.8, 4) is 16.0 Å². The monoisotopic (exact) mass is 339 g/mol. The number of aryl methyl sites for hydroxylation is 1. The summed E-state index contributed by atoms with van der Waals surface area (Å²) in [6.45, 7) is 1.68. The molecule has 108 valence electrons. The lowest BCUT2D eigenvalue weighted by atomic mass is 10.0. The zero-order chi connectivity index (χ0) is 15.6. The minimum atomic E-state index is -1.35. The summed E-state index contributed by atoms with van der Waals surface area (Å²) in [5.74, 6) is -2.49. The van der Waals surface area contributed by atoms with Gasteiger partial charge in [0.1, 0.15) is 5.01 Å². The number of aromatic nitrogens is 1. The van der Waals surface area contributed by atoms with E-state index in [9.17, 15) is 9.59 Å². The summed E-state index contributed by atoms with van der Waals surface area (Å²) in [4.78, 5) is 29.4. The summed E-state index contributed by atoms with van der Waals surface area (Å²) in [5.41, 5.74) is 0.508. The molecule has 1 amide bonds. The van der Waals surface area contributed by atoms with Gasteiger partial charge in [-0.25, -0.2) is 4.98 Å². The summed E-state index contributed by atoms with van der Waals surface area (Å²) in [5, 5.41) is 12.0. The van der Waals surface area contributed by atoms with Crippen molar-refractivity contribution in [2.24, 2.45) is 5.92 Å². The maximum Gasteiger partial charge on any atom is 0.245 e. The first kappa shape index (κ1) is 15.6. The maximum atomic E-state index is 12.3. The molecule has 2 aromatic heterocycles. The summed E-state index contributed by atoms with van der Waals surface area (Å²) in [6, 6.07) is 5.30. The summed E-state index contributed by atoms with van der Waals surface area (Å²) in [7, 11) is 1.39. The number of rotatable bonds is 4. The lowest BCUT2D eigenvalue weighted by molar-refractivity contribution is -0.121. The summed E-state index contributed by atoms with van der Waals surface area (Å²) >= 11 is 8.41. The van der Waals surface area contributed by atoms with Crippen molar-refractivity contribution in [1.29, 1.82) is 5.26 Å². The summed E-state index contributed by atoms with van der Waals surface area (Å²) in [6.07, 6.45) is 0. The molecule has 2 aromatic rings. The van der Waals surface area contributed by atoms with Gasteiger partial charge < -0.3 is 5.32 Å². The van der Waals surface area contributed by atoms with E-state index in [1.807, 2.05) is 6.07 Å². The number of amides is 1. The topological polar surface area (TPSA) is 82.9 Å². The smallest absolute Gasteiger partial charge is 0.245 e. The van der Waals surface area contributed by atoms with Gasteiger partial charge in [-0.05, 0) is 19.1 Å². The second kappa shape index (κ2) is 6.35. The molecule has 0 radical (unpaired) electrons. The zero-order valence-corrected chi connectivity index (χ0v) is 13.5. The Morgan fingerprint density at radius 3 is 2.67 bits per heavy atom. The van der Waals surface area contributed by atoms with Crippen LogP contribution in [0, 0.1) is 24.2 Å². The number of carbonyl (C=O) groups is 2. The molecule has 0 aliphatic heterocycles. The van der Waals surface area contributed by atoms with Crippen LogP contribution in [0.25, 0.3) is 9.88 Å². The number of hydrogen-bond acceptors (Lipinski definition) is 6. The Balaban J connectivity index is 2.37. The number of thiophene rings is 1. The highest BCUT2D eigenvalue weighted by molar-refractivity contribution is 7.24. The van der Waals surface area contributed by atoms with Gasteiger partial charge in [-0.1, -0.05) is 11.6 Å². The third-order valence-electron chi connectivity index (χ3n) is 2.70. The number of nitriles is 1. The Bertz CT molecular complexity index is 745. The van der Waals surface area contributed by atoms with Gasteiger partial charge in [0.05, 0.1) is 25.9 Å². The van der Waals surface area contributed by atoms with Crippen molar-refractivity contribution < 1.29 is 9.59 Å². The number of thiazole rings is 1. The molecular formula is C13H10ClN3O2S2. The first-order valence-electron chi connectivity index (χ1n) is 5.86. The molecule has 0 saturated heterocycles. The van der Waals surface area contributed by atoms with Gasteiger partial charge in [0, 0.05) is 7.05 Å². The first-order valence-corrected chi connectivity index (χ1v) is 7.87. The Morgan fingerprint density at radius 1 is 1.43 bits per heavy atom. The molecule has 8 heteroatoms. The number of hydrogen-bond donors (Lipinski definition) is 1. The van der Waals surface area contributed by atoms with E-state index in [1.54, 1.807) is 19.1 Å². The van der Waals surface area contributed by atoms with Crippen molar-refractivity contribution in [3.63, 3.8) is 0 Å². The fraction of sp³-hybridized carbons (Fsp3) is 0.231. The Morgan fingerprint density at radius 2 is 2.14 bits per heavy atom. The van der Waals surface area contributed by atoms with Crippen molar-refractivity contribution >= 4 is 46.0 Å². The predicted molar refractivity (Wildman–Crippen MR) is 82.7 cm³/mol. The quantitative estimate of drug-likeness (QED) is 0.685. The van der Waals surface area contributed by atoms with Crippen LogP contribution in [0.1, 0.15) is 15.4 Å². The first-order chi connectivity index (χ1) is 9.97. The van der Waals surface area contributed by atoms with Crippen molar-refractivity contribution in [2.45, 2.75) is 6.92 Å². The summed E-state index contributed by atoms with van der Waals surface area (Å²) < 4.78 is 0.631. The molecule has 0 bridgehead atoms. The number of ketones is 1. The fourth-order valence-corrected chi connectivity index (χ4v) is 3.81. The van der Waals surface area contributed by atoms with Gasteiger partial charge in [-0.15, -0.1) is 22.7 Å². The molecule has 2 rings (SSSR count). The SMILES string of the molecule is CNC(=O)C(C#N)C(=O)c1sc(-c2ccc(Cl)s2)nc1C. The van der Waals surface area contributed by atoms with E-state index in [0.29, 0.717) is 19.9 Å². The Hall–Kier alpha value is -1.75. The highest BCUT2D eigenvalue weighted by Crippen LogP contribution is 2.35. The highest BCUT2D eigenvalue weighted by atomic mass is 35.5. The highest BCUT2D eigenvalue weighted by Gasteiger charge is 2.30. The third kappa shape index (κ3) is 3.13. The molecule has 1 N–H and O–H groups in total. The van der Waals surface area contributed by atoms with Gasteiger partial charge in [-0.2, -0.15) is 5.26 Å². The molecule has 0 aliphatic carbocycles. The van der Waals surface area contributed by atoms with E-state index >= 15 is 0 Å². The van der Waals surface area contributed by atoms with Gasteiger partial charge in [0.25, 0.3) is 0 Å². The molecule has 2 heterocycles. The molecule has 1 atom stereocenters. The Kier molecular flexibility index (Phi) is 4.73. The molecule has 0 fully saturated rings. The molecule has 0 aliphatic rings. The van der Waals surface area contributed by atoms with Crippen LogP contribution in [0.3, 0.4) is 0 Å². The molecule has 0 spiro atoms. The van der Waals surface area contributed by atoms with Crippen LogP contribution >= 0.6 is 34.3 Å². The van der Waals surface area contributed by atoms with Gasteiger partial charge >= 0.3 is 0 Å². The molecule has 5 nitrogen and oxygen atoms in total. The van der Waals surface area contributed by atoms with Crippen LogP contribution in [0.4, 0.5) is 0 Å². The second-order valence-corrected chi connectivity index (χ2v) is 6.79. The fourth-order valence-electron chi connectivity index (χ4n) is 1.67. The van der Waals surface area contributed by atoms with E-state index in [0.717, 1.165) is 4.88 Å². The standard InChI is InChI=1S/C13H10ClN3O2S2/c1-6-11(10(18)7(5-15)12(19)16-2)21-13(17-6)8-3-4-9(14)20-8/h3-4,7H,1-2H3,(H,16,19). The minimum Gasteiger partial charge on any atom is -0.358 e. The van der Waals surface area contributed by atoms with E-state index in [4.69, 9.17) is 16.9 Å². The average molecular weight is 340 g/mol. The number of nitrogens with one attached hydrogen (secondary N) is 1. The van der Waals surface area contributed by atoms with Crippen LogP contribution in [0.2, 0.25) is 4.34 Å². The molecule has 21 heavy (non-hydrogen) atoms. The largest absolute Gasteiger partial charge is 0.358 e. The van der Waals surface area contributed by atoms with Crippen LogP contribution < -0.4 is 5.32 Å². The predicted octanol–water partition coefficient (Wildman–Crippen LogP) is 2.90. The average Bonchev–Trinajstić information content (AvgIpc) is 3.05. The Labute approximate surface area is 134 Å². The zero-order valence-electron chi connectivity index (χ0n) is 11.1. The number of nitrogens with zero attached hydrogens (tertiary/aromatic N) is 2. The van der Waals surface area contributed by atoms with Crippen molar-refractivity contribution in [3.05, 3.63) is 27.0 Å². The van der Waals surface area contributed by atoms with Crippen LogP contribution in [-0.4, -0.2) is 23.7 Å². The molecule has 1 unspecified atom stereocenters. The molecule has 0 saturated carbocycles. The van der Waals surface area contributed by atoms with Crippen LogP contribution in [0.15, 0.2) is 12.1 Å². The van der Waals surface area contributed by atoms with E-state index in [2.05, 4.69) is 10.3 Å². The normalized spacial score (nSPS) is 11.7. The van der Waals surface area contributed by atoms with Gasteiger partial charge in [0.2, 0.25) is 11.7 Å². The van der Waals surface area contributed by atoms with Crippen LogP contribution in [0.5, 0.6) is 0 Å². The third-order valence-corrected chi connectivity index (χ3v) is 5.28. The molecule has 0 aromatic carbocycles. The van der Waals surface area contributed by atoms with Gasteiger partial charge in [-0.3, -0.25) is 9.59 Å². The van der Waals surface area contributed by atoms with Gasteiger partial charge in [0.15, 0.2) is 5.92 Å². The molecular weight excluding hydrogens is 330 g/mol. The maximum absolute atomic E-state index is 12.3. The number of Topliss-reactive ketones (excluding diaryl/α,β-unsaturated/α-hetero) is 1. The van der Waals surface area contributed by atoms with E-state index in [1.165, 1.54) is 29.7 Å². The van der Waals surface area contributed by atoms with Crippen molar-refractivity contribution in [2.75, 3.05) is 7.05 Å². The van der Waals surface area contributed by atoms with E-state index < -0.39 is 17.6 Å². The minimum absolute atomic E-state index is 0.324. The lowest BCUT2D eigenvalue weighted by Gasteiger charge is -2.04.